The molecule has 0 amide bonds. The van der Waals surface area contributed by atoms with E-state index in [1.165, 1.54) is 0 Å². The van der Waals surface area contributed by atoms with E-state index in [0.29, 0.717) is 5.56 Å². The Hall–Kier alpha value is -2.38. The van der Waals surface area contributed by atoms with Crippen molar-refractivity contribution in [3.63, 3.8) is 0 Å². The lowest BCUT2D eigenvalue weighted by Crippen LogP contribution is -1.92. The fraction of sp³-hybridized carbons (Fsp3) is 0. The molecule has 0 radical (unpaired) electrons. The van der Waals surface area contributed by atoms with Crippen LogP contribution in [0.4, 0.5) is 11.4 Å². The van der Waals surface area contributed by atoms with Gasteiger partial charge in [-0.15, -0.1) is 0 Å². The molecule has 0 atom stereocenters. The molecule has 0 bridgehead atoms. The minimum Gasteiger partial charge on any atom is -0.355 e. The van der Waals surface area contributed by atoms with Gasteiger partial charge in [-0.25, -0.2) is 0 Å². The first-order valence-electron chi connectivity index (χ1n) is 6.08. The number of hydrogen-bond donors (Lipinski definition) is 1. The van der Waals surface area contributed by atoms with E-state index in [1.807, 2.05) is 36.4 Å². The summed E-state index contributed by atoms with van der Waals surface area (Å²) in [5, 5.41) is 13.2. The standard InChI is InChI=1S/C16H10BrN3/c17-12-3-6-14-15(7-8-19-16(14)9-12)20-13-4-1-11(10-18)2-5-13/h1-9H,(H,19,20). The Morgan fingerprint density at radius 3 is 2.60 bits per heavy atom. The quantitative estimate of drug-likeness (QED) is 0.749. The van der Waals surface area contributed by atoms with Gasteiger partial charge in [-0.3, -0.25) is 4.98 Å². The molecule has 96 valence electrons. The van der Waals surface area contributed by atoms with Gasteiger partial charge in [0, 0.05) is 27.4 Å². The monoisotopic (exact) mass is 323 g/mol. The van der Waals surface area contributed by atoms with Crippen molar-refractivity contribution >= 4 is 38.2 Å². The lowest BCUT2D eigenvalue weighted by atomic mass is 10.1. The number of nitriles is 1. The summed E-state index contributed by atoms with van der Waals surface area (Å²) >= 11 is 3.45. The van der Waals surface area contributed by atoms with Crippen LogP contribution in [0.1, 0.15) is 5.56 Å². The predicted octanol–water partition coefficient (Wildman–Crippen LogP) is 4.61. The van der Waals surface area contributed by atoms with Crippen molar-refractivity contribution in [2.45, 2.75) is 0 Å². The fourth-order valence-electron chi connectivity index (χ4n) is 2.01. The largest absolute Gasteiger partial charge is 0.355 e. The lowest BCUT2D eigenvalue weighted by molar-refractivity contribution is 1.40. The minimum absolute atomic E-state index is 0.652. The average Bonchev–Trinajstić information content (AvgIpc) is 2.48. The molecule has 2 aromatic carbocycles. The number of pyridine rings is 1. The number of aromatic nitrogens is 1. The summed E-state index contributed by atoms with van der Waals surface area (Å²) in [7, 11) is 0. The third kappa shape index (κ3) is 2.49. The third-order valence-electron chi connectivity index (χ3n) is 3.00. The van der Waals surface area contributed by atoms with Crippen LogP contribution in [0.2, 0.25) is 0 Å². The van der Waals surface area contributed by atoms with Gasteiger partial charge in [-0.05, 0) is 48.5 Å². The molecule has 20 heavy (non-hydrogen) atoms. The first-order valence-corrected chi connectivity index (χ1v) is 6.87. The van der Waals surface area contributed by atoms with Gasteiger partial charge in [0.1, 0.15) is 0 Å². The number of anilines is 2. The molecule has 4 heteroatoms. The summed E-state index contributed by atoms with van der Waals surface area (Å²) in [4.78, 5) is 4.36. The fourth-order valence-corrected chi connectivity index (χ4v) is 2.36. The van der Waals surface area contributed by atoms with E-state index in [2.05, 4.69) is 32.3 Å². The van der Waals surface area contributed by atoms with Crippen LogP contribution < -0.4 is 5.32 Å². The van der Waals surface area contributed by atoms with E-state index in [0.717, 1.165) is 26.8 Å². The Morgan fingerprint density at radius 2 is 1.85 bits per heavy atom. The number of halogens is 1. The second-order valence-corrected chi connectivity index (χ2v) is 5.25. The molecule has 1 aromatic heterocycles. The average molecular weight is 324 g/mol. The van der Waals surface area contributed by atoms with Crippen molar-refractivity contribution in [3.8, 4) is 6.07 Å². The van der Waals surface area contributed by atoms with Gasteiger partial charge in [0.25, 0.3) is 0 Å². The van der Waals surface area contributed by atoms with Crippen LogP contribution in [-0.4, -0.2) is 4.98 Å². The van der Waals surface area contributed by atoms with Crippen LogP contribution in [-0.2, 0) is 0 Å². The molecule has 0 aliphatic carbocycles. The molecule has 0 spiro atoms. The highest BCUT2D eigenvalue weighted by atomic mass is 79.9. The van der Waals surface area contributed by atoms with Crippen LogP contribution in [0.3, 0.4) is 0 Å². The molecule has 0 saturated heterocycles. The highest BCUT2D eigenvalue weighted by Gasteiger charge is 2.03. The van der Waals surface area contributed by atoms with Crippen LogP contribution >= 0.6 is 15.9 Å². The molecule has 3 rings (SSSR count). The first-order chi connectivity index (χ1) is 9.76. The van der Waals surface area contributed by atoms with Gasteiger partial charge in [0.2, 0.25) is 0 Å². The maximum Gasteiger partial charge on any atom is 0.0991 e. The maximum atomic E-state index is 8.80. The van der Waals surface area contributed by atoms with Crippen LogP contribution in [0, 0.1) is 11.3 Å². The molecule has 0 fully saturated rings. The number of nitrogens with one attached hydrogen (secondary N) is 1. The SMILES string of the molecule is N#Cc1ccc(Nc2ccnc3cc(Br)ccc23)cc1. The Kier molecular flexibility index (Phi) is 3.36. The Labute approximate surface area is 125 Å². The second kappa shape index (κ2) is 5.32. The summed E-state index contributed by atoms with van der Waals surface area (Å²) in [6.45, 7) is 0. The number of benzene rings is 2. The Bertz CT molecular complexity index is 804. The minimum atomic E-state index is 0.652. The molecular weight excluding hydrogens is 314 g/mol. The lowest BCUT2D eigenvalue weighted by Gasteiger charge is -2.09. The summed E-state index contributed by atoms with van der Waals surface area (Å²) in [6.07, 6.45) is 1.78. The topological polar surface area (TPSA) is 48.7 Å². The number of rotatable bonds is 2. The second-order valence-electron chi connectivity index (χ2n) is 4.33. The van der Waals surface area contributed by atoms with Gasteiger partial charge in [-0.1, -0.05) is 15.9 Å². The van der Waals surface area contributed by atoms with Crippen molar-refractivity contribution in [1.29, 1.82) is 5.26 Å². The van der Waals surface area contributed by atoms with E-state index in [4.69, 9.17) is 5.26 Å². The highest BCUT2D eigenvalue weighted by molar-refractivity contribution is 9.10. The molecule has 3 nitrogen and oxygen atoms in total. The number of fused-ring (bicyclic) bond motifs is 1. The van der Waals surface area contributed by atoms with Gasteiger partial charge in [0.15, 0.2) is 0 Å². The van der Waals surface area contributed by atoms with Crippen molar-refractivity contribution in [2.75, 3.05) is 5.32 Å². The van der Waals surface area contributed by atoms with Crippen molar-refractivity contribution in [3.05, 3.63) is 64.8 Å². The van der Waals surface area contributed by atoms with E-state index < -0.39 is 0 Å². The van der Waals surface area contributed by atoms with E-state index >= 15 is 0 Å². The molecule has 0 saturated carbocycles. The van der Waals surface area contributed by atoms with Crippen LogP contribution in [0.5, 0.6) is 0 Å². The van der Waals surface area contributed by atoms with Gasteiger partial charge in [0.05, 0.1) is 17.1 Å². The zero-order chi connectivity index (χ0) is 13.9. The highest BCUT2D eigenvalue weighted by Crippen LogP contribution is 2.27. The predicted molar refractivity (Wildman–Crippen MR) is 83.9 cm³/mol. The van der Waals surface area contributed by atoms with E-state index in [9.17, 15) is 0 Å². The number of nitrogens with zero attached hydrogens (tertiary/aromatic N) is 2. The molecule has 1 N–H and O–H groups in total. The molecule has 0 aliphatic rings. The summed E-state index contributed by atoms with van der Waals surface area (Å²) in [6, 6.07) is 17.4. The Balaban J connectivity index is 2.00. The van der Waals surface area contributed by atoms with E-state index in [1.54, 1.807) is 18.3 Å². The summed E-state index contributed by atoms with van der Waals surface area (Å²) in [5.74, 6) is 0. The van der Waals surface area contributed by atoms with Crippen molar-refractivity contribution in [1.82, 2.24) is 4.98 Å². The summed E-state index contributed by atoms with van der Waals surface area (Å²) < 4.78 is 1.01. The molecule has 1 heterocycles. The third-order valence-corrected chi connectivity index (χ3v) is 3.49. The van der Waals surface area contributed by atoms with Crippen LogP contribution in [0.25, 0.3) is 10.9 Å². The zero-order valence-electron chi connectivity index (χ0n) is 10.5. The van der Waals surface area contributed by atoms with Crippen molar-refractivity contribution in [2.24, 2.45) is 0 Å². The summed E-state index contributed by atoms with van der Waals surface area (Å²) in [5.41, 5.74) is 3.52. The molecule has 0 aliphatic heterocycles. The zero-order valence-corrected chi connectivity index (χ0v) is 12.1. The van der Waals surface area contributed by atoms with Crippen molar-refractivity contribution < 1.29 is 0 Å². The van der Waals surface area contributed by atoms with Crippen LogP contribution in [0.15, 0.2) is 59.2 Å². The normalized spacial score (nSPS) is 10.2. The number of hydrogen-bond acceptors (Lipinski definition) is 3. The first kappa shape index (κ1) is 12.6. The Morgan fingerprint density at radius 1 is 1.05 bits per heavy atom. The van der Waals surface area contributed by atoms with Gasteiger partial charge >= 0.3 is 0 Å². The van der Waals surface area contributed by atoms with Gasteiger partial charge in [-0.2, -0.15) is 5.26 Å². The van der Waals surface area contributed by atoms with E-state index in [-0.39, 0.29) is 0 Å². The molecular formula is C16H10BrN3. The molecule has 0 unspecified atom stereocenters. The smallest absolute Gasteiger partial charge is 0.0991 e. The maximum absolute atomic E-state index is 8.80. The van der Waals surface area contributed by atoms with Gasteiger partial charge < -0.3 is 5.32 Å². The molecule has 3 aromatic rings.